The zero-order valence-corrected chi connectivity index (χ0v) is 21.9. The Bertz CT molecular complexity index is 1290. The molecule has 34 heavy (non-hydrogen) atoms. The molecular weight excluding hydrogens is 468 g/mol. The Morgan fingerprint density at radius 3 is 2.44 bits per heavy atom. The molecule has 1 aromatic carbocycles. The molecule has 0 amide bonds. The average Bonchev–Trinajstić information content (AvgIpc) is 3.21. The lowest BCUT2D eigenvalue weighted by atomic mass is 9.89. The van der Waals surface area contributed by atoms with Crippen LogP contribution in [-0.4, -0.2) is 56.0 Å². The number of nitrogens with zero attached hydrogens (tertiary/aromatic N) is 4. The molecule has 0 bridgehead atoms. The molecule has 5 rings (SSSR count). The third kappa shape index (κ3) is 4.18. The van der Waals surface area contributed by atoms with E-state index in [1.807, 2.05) is 11.3 Å². The lowest BCUT2D eigenvalue weighted by Gasteiger charge is -2.35. The van der Waals surface area contributed by atoms with E-state index in [0.717, 1.165) is 29.3 Å². The minimum Gasteiger partial charge on any atom is -0.497 e. The highest BCUT2D eigenvalue weighted by molar-refractivity contribution is 7.89. The molecule has 3 heterocycles. The van der Waals surface area contributed by atoms with Gasteiger partial charge in [0.2, 0.25) is 10.0 Å². The number of fused-ring (bicyclic) bond motifs is 3. The van der Waals surface area contributed by atoms with Gasteiger partial charge in [0.15, 0.2) is 0 Å². The maximum Gasteiger partial charge on any atom is 0.243 e. The first-order valence-electron chi connectivity index (χ1n) is 12.0. The SMILES string of the molecule is COc1ccc(S(=O)(=O)N2CCN(c3nc(C(C)C)nc4sc5c(c34)CCC(C)C5)CC2)cc1. The molecule has 182 valence electrons. The standard InChI is InChI=1S/C25H32N4O3S2/c1-16(2)23-26-24(22-20-10-5-17(3)15-21(20)33-25(22)27-23)28-11-13-29(14-12-28)34(30,31)19-8-6-18(32-4)7-9-19/h6-9,16-17H,5,10-15H2,1-4H3. The molecule has 1 fully saturated rings. The van der Waals surface area contributed by atoms with Crippen molar-refractivity contribution in [3.05, 3.63) is 40.5 Å². The van der Waals surface area contributed by atoms with Crippen molar-refractivity contribution in [2.75, 3.05) is 38.2 Å². The van der Waals surface area contributed by atoms with Crippen LogP contribution in [0, 0.1) is 5.92 Å². The van der Waals surface area contributed by atoms with Gasteiger partial charge in [-0.05, 0) is 55.0 Å². The van der Waals surface area contributed by atoms with Crippen molar-refractivity contribution in [1.29, 1.82) is 0 Å². The molecule has 0 radical (unpaired) electrons. The predicted molar refractivity (Wildman–Crippen MR) is 137 cm³/mol. The Labute approximate surface area is 205 Å². The first-order chi connectivity index (χ1) is 16.3. The van der Waals surface area contributed by atoms with Gasteiger partial charge in [0.25, 0.3) is 0 Å². The summed E-state index contributed by atoms with van der Waals surface area (Å²) in [6.07, 6.45) is 3.37. The summed E-state index contributed by atoms with van der Waals surface area (Å²) in [7, 11) is -1.97. The van der Waals surface area contributed by atoms with Crippen LogP contribution in [0.15, 0.2) is 29.2 Å². The van der Waals surface area contributed by atoms with Crippen LogP contribution in [0.3, 0.4) is 0 Å². The summed E-state index contributed by atoms with van der Waals surface area (Å²) in [6, 6.07) is 6.60. The number of hydrogen-bond donors (Lipinski definition) is 0. The topological polar surface area (TPSA) is 75.6 Å². The third-order valence-corrected chi connectivity index (χ3v) is 9.97. The van der Waals surface area contributed by atoms with E-state index in [9.17, 15) is 8.42 Å². The quantitative estimate of drug-likeness (QED) is 0.515. The average molecular weight is 501 g/mol. The number of benzene rings is 1. The van der Waals surface area contributed by atoms with Gasteiger partial charge in [0.05, 0.1) is 17.4 Å². The van der Waals surface area contributed by atoms with Gasteiger partial charge in [-0.25, -0.2) is 18.4 Å². The van der Waals surface area contributed by atoms with Gasteiger partial charge in [-0.3, -0.25) is 0 Å². The van der Waals surface area contributed by atoms with E-state index >= 15 is 0 Å². The number of aromatic nitrogens is 2. The summed E-state index contributed by atoms with van der Waals surface area (Å²) < 4.78 is 33.2. The van der Waals surface area contributed by atoms with Crippen LogP contribution in [0.2, 0.25) is 0 Å². The number of anilines is 1. The van der Waals surface area contributed by atoms with Crippen molar-refractivity contribution >= 4 is 37.4 Å². The summed E-state index contributed by atoms with van der Waals surface area (Å²) in [5.74, 6) is 3.43. The molecule has 1 atom stereocenters. The molecule has 3 aromatic rings. The van der Waals surface area contributed by atoms with E-state index < -0.39 is 10.0 Å². The summed E-state index contributed by atoms with van der Waals surface area (Å²) >= 11 is 1.82. The van der Waals surface area contributed by atoms with Gasteiger partial charge < -0.3 is 9.64 Å². The smallest absolute Gasteiger partial charge is 0.243 e. The van der Waals surface area contributed by atoms with E-state index in [1.165, 1.54) is 22.2 Å². The highest BCUT2D eigenvalue weighted by Crippen LogP contribution is 2.41. The molecule has 1 saturated heterocycles. The molecule has 1 aliphatic carbocycles. The van der Waals surface area contributed by atoms with Crippen molar-refractivity contribution in [3.63, 3.8) is 0 Å². The number of piperazine rings is 1. The van der Waals surface area contributed by atoms with Crippen molar-refractivity contribution < 1.29 is 13.2 Å². The number of rotatable bonds is 5. The van der Waals surface area contributed by atoms with Gasteiger partial charge >= 0.3 is 0 Å². The van der Waals surface area contributed by atoms with E-state index in [2.05, 4.69) is 25.7 Å². The van der Waals surface area contributed by atoms with Crippen LogP contribution < -0.4 is 9.64 Å². The lowest BCUT2D eigenvalue weighted by molar-refractivity contribution is 0.383. The normalized spacial score (nSPS) is 19.6. The second-order valence-electron chi connectivity index (χ2n) is 9.66. The zero-order chi connectivity index (χ0) is 24.0. The molecule has 2 aliphatic rings. The van der Waals surface area contributed by atoms with Crippen LogP contribution in [0.4, 0.5) is 5.82 Å². The molecule has 7 nitrogen and oxygen atoms in total. The van der Waals surface area contributed by atoms with Gasteiger partial charge in [-0.2, -0.15) is 4.31 Å². The van der Waals surface area contributed by atoms with Crippen molar-refractivity contribution in [2.24, 2.45) is 5.92 Å². The third-order valence-electron chi connectivity index (χ3n) is 6.91. The number of thiophene rings is 1. The first kappa shape index (κ1) is 23.5. The summed E-state index contributed by atoms with van der Waals surface area (Å²) in [4.78, 5) is 15.1. The maximum absolute atomic E-state index is 13.2. The second kappa shape index (κ2) is 9.09. The maximum atomic E-state index is 13.2. The Kier molecular flexibility index (Phi) is 6.29. The first-order valence-corrected chi connectivity index (χ1v) is 14.2. The van der Waals surface area contributed by atoms with Crippen molar-refractivity contribution in [3.8, 4) is 5.75 Å². The van der Waals surface area contributed by atoms with Gasteiger partial charge in [-0.1, -0.05) is 20.8 Å². The zero-order valence-electron chi connectivity index (χ0n) is 20.2. The molecule has 1 aliphatic heterocycles. The Morgan fingerprint density at radius 2 is 1.79 bits per heavy atom. The van der Waals surface area contributed by atoms with Crippen molar-refractivity contribution in [2.45, 2.75) is 50.8 Å². The van der Waals surface area contributed by atoms with Crippen LogP contribution in [0.25, 0.3) is 10.2 Å². The Hall–Kier alpha value is -2.23. The number of sulfonamides is 1. The minimum absolute atomic E-state index is 0.234. The second-order valence-corrected chi connectivity index (χ2v) is 12.7. The molecule has 2 aromatic heterocycles. The molecule has 1 unspecified atom stereocenters. The Balaban J connectivity index is 1.44. The van der Waals surface area contributed by atoms with Gasteiger partial charge in [-0.15, -0.1) is 11.3 Å². The van der Waals surface area contributed by atoms with Crippen molar-refractivity contribution in [1.82, 2.24) is 14.3 Å². The fraction of sp³-hybridized carbons (Fsp3) is 0.520. The van der Waals surface area contributed by atoms with Crippen LogP contribution in [0.5, 0.6) is 5.75 Å². The lowest BCUT2D eigenvalue weighted by Crippen LogP contribution is -2.49. The van der Waals surface area contributed by atoms with Crippen LogP contribution in [-0.2, 0) is 22.9 Å². The van der Waals surface area contributed by atoms with Crippen LogP contribution >= 0.6 is 11.3 Å². The van der Waals surface area contributed by atoms with E-state index in [-0.39, 0.29) is 5.92 Å². The van der Waals surface area contributed by atoms with E-state index in [1.54, 1.807) is 35.7 Å². The van der Waals surface area contributed by atoms with Gasteiger partial charge in [0.1, 0.15) is 22.2 Å². The van der Waals surface area contributed by atoms with E-state index in [0.29, 0.717) is 42.7 Å². The fourth-order valence-electron chi connectivity index (χ4n) is 4.86. The largest absolute Gasteiger partial charge is 0.497 e. The monoisotopic (exact) mass is 500 g/mol. The van der Waals surface area contributed by atoms with Gasteiger partial charge in [0, 0.05) is 37.0 Å². The Morgan fingerprint density at radius 1 is 1.09 bits per heavy atom. The minimum atomic E-state index is -3.55. The predicted octanol–water partition coefficient (Wildman–Crippen LogP) is 4.46. The molecule has 0 spiro atoms. The highest BCUT2D eigenvalue weighted by Gasteiger charge is 2.32. The molecule has 0 N–H and O–H groups in total. The van der Waals surface area contributed by atoms with E-state index in [4.69, 9.17) is 14.7 Å². The number of hydrogen-bond acceptors (Lipinski definition) is 7. The molecule has 9 heteroatoms. The fourth-order valence-corrected chi connectivity index (χ4v) is 7.67. The summed E-state index contributed by atoms with van der Waals surface area (Å²) in [6.45, 7) is 8.66. The number of methoxy groups -OCH3 is 1. The number of ether oxygens (including phenoxy) is 1. The molecular formula is C25H32N4O3S2. The highest BCUT2D eigenvalue weighted by atomic mass is 32.2. The summed E-state index contributed by atoms with van der Waals surface area (Å²) in [5.41, 5.74) is 1.41. The molecule has 0 saturated carbocycles. The summed E-state index contributed by atoms with van der Waals surface area (Å²) in [5, 5.41) is 1.20. The number of aryl methyl sites for hydroxylation is 1. The van der Waals surface area contributed by atoms with Crippen LogP contribution in [0.1, 0.15) is 49.4 Å².